The number of fused-ring (bicyclic) bond motifs is 2. The van der Waals surface area contributed by atoms with Gasteiger partial charge in [0.15, 0.2) is 11.6 Å². The molecule has 0 saturated heterocycles. The number of halogens is 2. The minimum atomic E-state index is -3.59. The molecule has 2 saturated carbocycles. The summed E-state index contributed by atoms with van der Waals surface area (Å²) in [5, 5.41) is 2.86. The number of primary amides is 1. The molecule has 4 rings (SSSR count). The molecule has 0 radical (unpaired) electrons. The van der Waals surface area contributed by atoms with Gasteiger partial charge in [-0.1, -0.05) is 12.1 Å². The maximum atomic E-state index is 14.2. The molecule has 2 bridgehead atoms. The maximum absolute atomic E-state index is 14.2. The predicted molar refractivity (Wildman–Crippen MR) is 118 cm³/mol. The Kier molecular flexibility index (Phi) is 6.24. The van der Waals surface area contributed by atoms with Gasteiger partial charge < -0.3 is 16.8 Å². The monoisotopic (exact) mass is 482 g/mol. The van der Waals surface area contributed by atoms with Gasteiger partial charge in [0.2, 0.25) is 21.2 Å². The van der Waals surface area contributed by atoms with Gasteiger partial charge in [0, 0.05) is 18.3 Å². The van der Waals surface area contributed by atoms with Crippen LogP contribution in [0.2, 0.25) is 5.28 Å². The lowest BCUT2D eigenvalue weighted by atomic mass is 9.78. The van der Waals surface area contributed by atoms with Crippen LogP contribution in [-0.4, -0.2) is 36.9 Å². The van der Waals surface area contributed by atoms with Crippen molar-refractivity contribution in [2.24, 2.45) is 29.4 Å². The molecule has 9 nitrogen and oxygen atoms in total. The Hall–Kier alpha value is -2.50. The van der Waals surface area contributed by atoms with Crippen molar-refractivity contribution in [3.63, 3.8) is 0 Å². The molecular weight excluding hydrogens is 459 g/mol. The van der Waals surface area contributed by atoms with Crippen LogP contribution in [0.1, 0.15) is 18.4 Å². The molecule has 32 heavy (non-hydrogen) atoms. The van der Waals surface area contributed by atoms with E-state index in [9.17, 15) is 17.6 Å². The average molecular weight is 483 g/mol. The first-order chi connectivity index (χ1) is 15.1. The SMILES string of the molecule is NC(=O)[C@H]1[C@H]2C[C@@H](CNS(=O)(=O)Cc3cccc(N)c3)[C@@H](C2)[C@H]1Nc1nc(Cl)ncc1F. The molecule has 1 aromatic heterocycles. The summed E-state index contributed by atoms with van der Waals surface area (Å²) in [5.74, 6) is -2.10. The number of benzene rings is 1. The standard InChI is InChI=1S/C20H24ClFN6O3S/c21-20-25-8-15(22)19(28-20)27-17-14-6-11(16(17)18(24)29)5-12(14)7-26-32(30,31)9-10-2-1-3-13(23)4-10/h1-4,8,11-12,14,16-17,26H,5-7,9,23H2,(H2,24,29)(H,25,27,28)/t11-,12-,14+,16-,17+/m0/s1. The smallest absolute Gasteiger partial charge is 0.224 e. The van der Waals surface area contributed by atoms with Crippen LogP contribution >= 0.6 is 11.6 Å². The fourth-order valence-corrected chi connectivity index (χ4v) is 6.45. The van der Waals surface area contributed by atoms with Gasteiger partial charge in [0.1, 0.15) is 0 Å². The Morgan fingerprint density at radius 1 is 1.31 bits per heavy atom. The summed E-state index contributed by atoms with van der Waals surface area (Å²) in [4.78, 5) is 19.6. The zero-order valence-electron chi connectivity index (χ0n) is 17.0. The number of rotatable bonds is 8. The lowest BCUT2D eigenvalue weighted by Crippen LogP contribution is -2.47. The van der Waals surface area contributed by atoms with E-state index in [-0.39, 0.29) is 41.2 Å². The maximum Gasteiger partial charge on any atom is 0.224 e. The Bertz CT molecular complexity index is 1130. The first-order valence-electron chi connectivity index (χ1n) is 10.2. The van der Waals surface area contributed by atoms with Crippen molar-refractivity contribution in [3.05, 3.63) is 47.1 Å². The van der Waals surface area contributed by atoms with Gasteiger partial charge in [0.25, 0.3) is 0 Å². The predicted octanol–water partition coefficient (Wildman–Crippen LogP) is 1.51. The van der Waals surface area contributed by atoms with Crippen LogP contribution < -0.4 is 21.5 Å². The Morgan fingerprint density at radius 3 is 2.81 bits per heavy atom. The molecule has 0 spiro atoms. The zero-order chi connectivity index (χ0) is 23.0. The lowest BCUT2D eigenvalue weighted by Gasteiger charge is -2.35. The molecule has 5 atom stereocenters. The van der Waals surface area contributed by atoms with Crippen LogP contribution in [0.3, 0.4) is 0 Å². The number of nitrogens with one attached hydrogen (secondary N) is 2. The quantitative estimate of drug-likeness (QED) is 0.328. The molecule has 2 aliphatic rings. The van der Waals surface area contributed by atoms with Gasteiger partial charge in [-0.25, -0.2) is 22.5 Å². The van der Waals surface area contributed by atoms with Crippen molar-refractivity contribution in [1.29, 1.82) is 0 Å². The number of nitrogens with two attached hydrogens (primary N) is 2. The summed E-state index contributed by atoms with van der Waals surface area (Å²) in [6.07, 6.45) is 2.30. The van der Waals surface area contributed by atoms with E-state index in [2.05, 4.69) is 20.0 Å². The second-order valence-electron chi connectivity index (χ2n) is 8.44. The van der Waals surface area contributed by atoms with Crippen LogP contribution in [0, 0.1) is 29.5 Å². The number of amides is 1. The fraction of sp³-hybridized carbons (Fsp3) is 0.450. The molecule has 0 unspecified atom stereocenters. The van der Waals surface area contributed by atoms with Crippen molar-refractivity contribution in [3.8, 4) is 0 Å². The number of nitrogen functional groups attached to an aromatic ring is 1. The zero-order valence-corrected chi connectivity index (χ0v) is 18.6. The van der Waals surface area contributed by atoms with Crippen molar-refractivity contribution in [1.82, 2.24) is 14.7 Å². The van der Waals surface area contributed by atoms with E-state index in [4.69, 9.17) is 23.1 Å². The summed E-state index contributed by atoms with van der Waals surface area (Å²) in [6.45, 7) is 0.211. The minimum Gasteiger partial charge on any atom is -0.399 e. The highest BCUT2D eigenvalue weighted by atomic mass is 35.5. The van der Waals surface area contributed by atoms with Crippen LogP contribution in [0.5, 0.6) is 0 Å². The highest BCUT2D eigenvalue weighted by Crippen LogP contribution is 2.52. The minimum absolute atomic E-state index is 0.0150. The van der Waals surface area contributed by atoms with Gasteiger partial charge in [-0.15, -0.1) is 0 Å². The summed E-state index contributed by atoms with van der Waals surface area (Å²) in [5.41, 5.74) is 12.4. The van der Waals surface area contributed by atoms with Gasteiger partial charge in [-0.05, 0) is 59.9 Å². The molecule has 0 aliphatic heterocycles. The summed E-state index contributed by atoms with van der Waals surface area (Å²) in [7, 11) is -3.59. The molecular formula is C20H24ClFN6O3S. The third-order valence-corrected chi connectivity index (χ3v) is 7.86. The topological polar surface area (TPSA) is 153 Å². The van der Waals surface area contributed by atoms with Crippen molar-refractivity contribution < 1.29 is 17.6 Å². The normalized spacial score (nSPS) is 26.9. The first kappa shape index (κ1) is 22.7. The van der Waals surface area contributed by atoms with Crippen LogP contribution in [0.4, 0.5) is 15.9 Å². The molecule has 6 N–H and O–H groups in total. The first-order valence-corrected chi connectivity index (χ1v) is 12.2. The molecule has 2 aliphatic carbocycles. The second kappa shape index (κ2) is 8.80. The molecule has 1 aromatic carbocycles. The Morgan fingerprint density at radius 2 is 2.09 bits per heavy atom. The Balaban J connectivity index is 1.46. The average Bonchev–Trinajstić information content (AvgIpc) is 3.27. The van der Waals surface area contributed by atoms with E-state index in [1.165, 1.54) is 0 Å². The summed E-state index contributed by atoms with van der Waals surface area (Å²) < 4.78 is 42.0. The number of aromatic nitrogens is 2. The number of nitrogens with zero attached hydrogens (tertiary/aromatic N) is 2. The highest BCUT2D eigenvalue weighted by Gasteiger charge is 2.55. The third kappa shape index (κ3) is 4.79. The van der Waals surface area contributed by atoms with Crippen LogP contribution in [-0.2, 0) is 20.6 Å². The summed E-state index contributed by atoms with van der Waals surface area (Å²) >= 11 is 5.78. The van der Waals surface area contributed by atoms with Crippen molar-refractivity contribution in [2.75, 3.05) is 17.6 Å². The number of anilines is 2. The molecule has 172 valence electrons. The van der Waals surface area contributed by atoms with Crippen LogP contribution in [0.15, 0.2) is 30.5 Å². The number of carbonyl (C=O) groups excluding carboxylic acids is 1. The van der Waals surface area contributed by atoms with Gasteiger partial charge >= 0.3 is 0 Å². The highest BCUT2D eigenvalue weighted by molar-refractivity contribution is 7.88. The van der Waals surface area contributed by atoms with Gasteiger partial charge in [-0.2, -0.15) is 4.98 Å². The third-order valence-electron chi connectivity index (χ3n) is 6.36. The van der Waals surface area contributed by atoms with E-state index >= 15 is 0 Å². The number of carbonyl (C=O) groups is 1. The van der Waals surface area contributed by atoms with E-state index < -0.39 is 33.7 Å². The molecule has 1 amide bonds. The largest absolute Gasteiger partial charge is 0.399 e. The van der Waals surface area contributed by atoms with E-state index in [0.717, 1.165) is 6.20 Å². The lowest BCUT2D eigenvalue weighted by molar-refractivity contribution is -0.123. The fourth-order valence-electron chi connectivity index (χ4n) is 5.13. The van der Waals surface area contributed by atoms with Gasteiger partial charge in [0.05, 0.1) is 17.9 Å². The molecule has 1 heterocycles. The van der Waals surface area contributed by atoms with Gasteiger partial charge in [-0.3, -0.25) is 4.79 Å². The second-order valence-corrected chi connectivity index (χ2v) is 10.6. The number of hydrogen-bond acceptors (Lipinski definition) is 7. The van der Waals surface area contributed by atoms with E-state index in [1.807, 2.05) is 0 Å². The number of sulfonamides is 1. The summed E-state index contributed by atoms with van der Waals surface area (Å²) in [6, 6.07) is 6.24. The molecule has 2 aromatic rings. The van der Waals surface area contributed by atoms with Crippen molar-refractivity contribution in [2.45, 2.75) is 24.6 Å². The number of hydrogen-bond donors (Lipinski definition) is 4. The van der Waals surface area contributed by atoms with Crippen molar-refractivity contribution >= 4 is 39.0 Å². The molecule has 12 heteroatoms. The Labute approximate surface area is 190 Å². The van der Waals surface area contributed by atoms with Crippen LogP contribution in [0.25, 0.3) is 0 Å². The molecule has 2 fully saturated rings. The van der Waals surface area contributed by atoms with E-state index in [0.29, 0.717) is 24.1 Å². The van der Waals surface area contributed by atoms with E-state index in [1.54, 1.807) is 24.3 Å².